The minimum atomic E-state index is -0.783. The highest BCUT2D eigenvalue weighted by molar-refractivity contribution is 5.73. The molecule has 1 aliphatic heterocycles. The first-order valence-electron chi connectivity index (χ1n) is 12.4. The maximum Gasteiger partial charge on any atom is 0.320 e. The van der Waals surface area contributed by atoms with Gasteiger partial charge < -0.3 is 10.8 Å². The molecule has 38 heavy (non-hydrogen) atoms. The Labute approximate surface area is 219 Å². The summed E-state index contributed by atoms with van der Waals surface area (Å²) in [6.07, 6.45) is 4.32. The van der Waals surface area contributed by atoms with Gasteiger partial charge in [-0.05, 0) is 56.6 Å². The zero-order valence-corrected chi connectivity index (χ0v) is 20.9. The Morgan fingerprint density at radius 2 is 1.95 bits per heavy atom. The zero-order chi connectivity index (χ0) is 26.6. The van der Waals surface area contributed by atoms with Crippen LogP contribution in [0.3, 0.4) is 0 Å². The first kappa shape index (κ1) is 25.0. The number of nitrogens with two attached hydrogens (primary N) is 1. The summed E-state index contributed by atoms with van der Waals surface area (Å²) in [6.45, 7) is 3.12. The summed E-state index contributed by atoms with van der Waals surface area (Å²) in [5.41, 5.74) is 10.5. The molecular formula is C27H27N9O2. The molecular weight excluding hydrogens is 482 g/mol. The smallest absolute Gasteiger partial charge is 0.320 e. The summed E-state index contributed by atoms with van der Waals surface area (Å²) in [4.78, 5) is 27.2. The van der Waals surface area contributed by atoms with E-state index in [9.17, 15) is 15.2 Å². The molecule has 11 heteroatoms. The van der Waals surface area contributed by atoms with Crippen LogP contribution >= 0.6 is 0 Å². The van der Waals surface area contributed by atoms with Crippen LogP contribution in [0, 0.1) is 11.3 Å². The Bertz CT molecular complexity index is 1510. The Morgan fingerprint density at radius 3 is 2.76 bits per heavy atom. The van der Waals surface area contributed by atoms with E-state index in [0.29, 0.717) is 35.6 Å². The number of rotatable bonds is 7. The third kappa shape index (κ3) is 5.35. The van der Waals surface area contributed by atoms with E-state index in [2.05, 4.69) is 26.3 Å². The summed E-state index contributed by atoms with van der Waals surface area (Å²) < 4.78 is 1.67. The topological polar surface area (TPSA) is 160 Å². The van der Waals surface area contributed by atoms with Gasteiger partial charge in [-0.2, -0.15) is 5.26 Å². The molecule has 5 rings (SSSR count). The summed E-state index contributed by atoms with van der Waals surface area (Å²) in [6, 6.07) is 16.2. The lowest BCUT2D eigenvalue weighted by Crippen LogP contribution is -2.46. The van der Waals surface area contributed by atoms with Crippen LogP contribution < -0.4 is 5.73 Å². The fourth-order valence-electron chi connectivity index (χ4n) is 4.82. The number of aromatic nitrogens is 6. The number of nitrogens with zero attached hydrogens (tertiary/aromatic N) is 8. The molecule has 3 aromatic heterocycles. The van der Waals surface area contributed by atoms with Crippen LogP contribution in [0.25, 0.3) is 22.6 Å². The number of aliphatic carboxylic acids is 1. The number of carboxylic acid groups (broad SMARTS) is 1. The molecule has 0 amide bonds. The van der Waals surface area contributed by atoms with E-state index in [1.54, 1.807) is 35.1 Å². The van der Waals surface area contributed by atoms with Crippen molar-refractivity contribution >= 4 is 11.9 Å². The minimum absolute atomic E-state index is 0.0927. The first-order chi connectivity index (χ1) is 18.4. The van der Waals surface area contributed by atoms with Crippen LogP contribution in [-0.4, -0.2) is 58.5 Å². The van der Waals surface area contributed by atoms with E-state index >= 15 is 0 Å². The van der Waals surface area contributed by atoms with E-state index in [-0.39, 0.29) is 12.0 Å². The van der Waals surface area contributed by atoms with Gasteiger partial charge >= 0.3 is 5.97 Å². The largest absolute Gasteiger partial charge is 0.480 e. The van der Waals surface area contributed by atoms with Gasteiger partial charge in [0.2, 0.25) is 5.95 Å². The highest BCUT2D eigenvalue weighted by Gasteiger charge is 2.32. The predicted molar refractivity (Wildman–Crippen MR) is 139 cm³/mol. The van der Waals surface area contributed by atoms with Gasteiger partial charge in [0.25, 0.3) is 0 Å². The number of carbonyl (C=O) groups is 1. The van der Waals surface area contributed by atoms with Crippen molar-refractivity contribution in [3.05, 3.63) is 71.7 Å². The molecule has 1 saturated heterocycles. The lowest BCUT2D eigenvalue weighted by atomic mass is 9.99. The third-order valence-corrected chi connectivity index (χ3v) is 6.74. The number of hydrogen-bond acceptors (Lipinski definition) is 9. The van der Waals surface area contributed by atoms with E-state index in [1.165, 1.54) is 0 Å². The number of pyridine rings is 1. The lowest BCUT2D eigenvalue weighted by molar-refractivity contribution is -0.145. The number of likely N-dealkylation sites (tertiary alicyclic amines) is 1. The summed E-state index contributed by atoms with van der Waals surface area (Å²) in [7, 11) is 0. The quantitative estimate of drug-likeness (QED) is 0.378. The number of anilines is 1. The van der Waals surface area contributed by atoms with Gasteiger partial charge in [0.05, 0.1) is 53.2 Å². The van der Waals surface area contributed by atoms with Gasteiger partial charge in [-0.15, -0.1) is 5.10 Å². The third-order valence-electron chi connectivity index (χ3n) is 6.74. The van der Waals surface area contributed by atoms with Gasteiger partial charge in [0.1, 0.15) is 11.7 Å². The van der Waals surface area contributed by atoms with Crippen molar-refractivity contribution in [2.75, 3.05) is 12.3 Å². The van der Waals surface area contributed by atoms with E-state index < -0.39 is 12.0 Å². The molecule has 1 unspecified atom stereocenters. The molecule has 0 spiro atoms. The van der Waals surface area contributed by atoms with Crippen LogP contribution in [0.2, 0.25) is 0 Å². The number of nitriles is 1. The van der Waals surface area contributed by atoms with Crippen LogP contribution in [0.1, 0.15) is 49.2 Å². The molecule has 0 aliphatic carbocycles. The van der Waals surface area contributed by atoms with E-state index in [0.717, 1.165) is 36.3 Å². The average molecular weight is 510 g/mol. The molecule has 192 valence electrons. The maximum absolute atomic E-state index is 11.8. The minimum Gasteiger partial charge on any atom is -0.480 e. The Hall–Kier alpha value is -4.69. The average Bonchev–Trinajstić information content (AvgIpc) is 3.41. The van der Waals surface area contributed by atoms with Gasteiger partial charge in [0.15, 0.2) is 0 Å². The van der Waals surface area contributed by atoms with Crippen LogP contribution in [-0.2, 0) is 11.3 Å². The standard InChI is InChI=1S/C27H27N9O2/c1-17(36-11-3-2-10-25(36)26(37)38)21-9-5-8-20(30-21)15-35-16-24(33-34-35)23-13-22(31-27(29)32-23)19-7-4-6-18(12-19)14-28/h4-9,12-13,16-17,25H,2-3,10-11,15H2,1H3,(H,37,38)(H2,29,31,32)/t17?,25-/m1/s1. The Morgan fingerprint density at radius 1 is 1.13 bits per heavy atom. The highest BCUT2D eigenvalue weighted by atomic mass is 16.4. The van der Waals surface area contributed by atoms with Crippen molar-refractivity contribution in [1.82, 2.24) is 34.8 Å². The SMILES string of the molecule is CC(c1cccc(Cn2cc(-c3cc(-c4cccc(C#N)c4)nc(N)n3)nn2)n1)N1CCCC[C@@H]1C(=O)O. The first-order valence-corrected chi connectivity index (χ1v) is 12.4. The van der Waals surface area contributed by atoms with Crippen LogP contribution in [0.5, 0.6) is 0 Å². The Kier molecular flexibility index (Phi) is 7.06. The molecule has 0 radical (unpaired) electrons. The fourth-order valence-corrected chi connectivity index (χ4v) is 4.82. The zero-order valence-electron chi connectivity index (χ0n) is 20.9. The molecule has 1 aromatic carbocycles. The molecule has 1 aliphatic rings. The summed E-state index contributed by atoms with van der Waals surface area (Å²) >= 11 is 0. The van der Waals surface area contributed by atoms with Gasteiger partial charge in [-0.1, -0.05) is 29.8 Å². The van der Waals surface area contributed by atoms with Gasteiger partial charge in [0, 0.05) is 5.56 Å². The summed E-state index contributed by atoms with van der Waals surface area (Å²) in [5.74, 6) is -0.690. The number of nitrogen functional groups attached to an aromatic ring is 1. The molecule has 4 aromatic rings. The van der Waals surface area contributed by atoms with E-state index in [1.807, 2.05) is 36.1 Å². The van der Waals surface area contributed by atoms with Crippen LogP contribution in [0.15, 0.2) is 54.7 Å². The number of hydrogen-bond donors (Lipinski definition) is 2. The lowest BCUT2D eigenvalue weighted by Gasteiger charge is -2.37. The normalized spacial score (nSPS) is 16.6. The van der Waals surface area contributed by atoms with E-state index in [4.69, 9.17) is 10.7 Å². The second-order valence-electron chi connectivity index (χ2n) is 9.31. The fraction of sp³-hybridized carbons (Fsp3) is 0.296. The van der Waals surface area contributed by atoms with Crippen molar-refractivity contribution in [1.29, 1.82) is 5.26 Å². The monoisotopic (exact) mass is 509 g/mol. The molecule has 2 atom stereocenters. The molecule has 0 saturated carbocycles. The van der Waals surface area contributed by atoms with Crippen molar-refractivity contribution in [3.8, 4) is 28.7 Å². The highest BCUT2D eigenvalue weighted by Crippen LogP contribution is 2.28. The molecule has 3 N–H and O–H groups in total. The van der Waals surface area contributed by atoms with Crippen molar-refractivity contribution in [3.63, 3.8) is 0 Å². The van der Waals surface area contributed by atoms with Crippen molar-refractivity contribution < 1.29 is 9.90 Å². The molecule has 0 bridgehead atoms. The molecule has 11 nitrogen and oxygen atoms in total. The number of benzene rings is 1. The van der Waals surface area contributed by atoms with Crippen LogP contribution in [0.4, 0.5) is 5.95 Å². The Balaban J connectivity index is 1.35. The maximum atomic E-state index is 11.8. The summed E-state index contributed by atoms with van der Waals surface area (Å²) in [5, 5.41) is 27.4. The second-order valence-corrected chi connectivity index (χ2v) is 9.31. The predicted octanol–water partition coefficient (Wildman–Crippen LogP) is 3.30. The van der Waals surface area contributed by atoms with Crippen molar-refractivity contribution in [2.24, 2.45) is 0 Å². The van der Waals surface area contributed by atoms with Crippen molar-refractivity contribution in [2.45, 2.75) is 44.8 Å². The second kappa shape index (κ2) is 10.7. The molecule has 4 heterocycles. The van der Waals surface area contributed by atoms with Gasteiger partial charge in [-0.25, -0.2) is 14.6 Å². The number of piperidine rings is 1. The number of carboxylic acids is 1. The molecule has 1 fully saturated rings. The van der Waals surface area contributed by atoms with Gasteiger partial charge in [-0.3, -0.25) is 14.7 Å².